The first-order chi connectivity index (χ1) is 6.77. The third kappa shape index (κ3) is 3.13. The number of nitrogens with one attached hydrogen (secondary N) is 2. The van der Waals surface area contributed by atoms with Crippen molar-refractivity contribution >= 4 is 0 Å². The molecule has 0 aromatic heterocycles. The van der Waals surface area contributed by atoms with Crippen LogP contribution in [0.2, 0.25) is 0 Å². The molecule has 0 fully saturated rings. The van der Waals surface area contributed by atoms with Crippen molar-refractivity contribution in [2.75, 3.05) is 20.1 Å². The van der Waals surface area contributed by atoms with Crippen molar-refractivity contribution in [3.05, 3.63) is 35.4 Å². The molecule has 0 radical (unpaired) electrons. The molecule has 0 saturated heterocycles. The molecular weight excluding hydrogens is 172 g/mol. The normalized spacial score (nSPS) is 12.8. The number of hydrogen-bond acceptors (Lipinski definition) is 2. The van der Waals surface area contributed by atoms with Crippen molar-refractivity contribution in [3.63, 3.8) is 0 Å². The highest BCUT2D eigenvalue weighted by Gasteiger charge is 2.07. The Kier molecular flexibility index (Phi) is 4.63. The van der Waals surface area contributed by atoms with E-state index < -0.39 is 0 Å². The van der Waals surface area contributed by atoms with E-state index in [2.05, 4.69) is 48.7 Å². The standard InChI is InChI=1S/C12H20N2/c1-4-14-9-12(13-3)11-7-5-6-10(2)8-11/h5-8,12-14H,4,9H2,1-3H3. The maximum Gasteiger partial charge on any atom is 0.0444 e. The molecule has 0 heterocycles. The molecule has 0 spiro atoms. The van der Waals surface area contributed by atoms with Gasteiger partial charge in [-0.2, -0.15) is 0 Å². The number of aryl methyl sites for hydroxylation is 1. The quantitative estimate of drug-likeness (QED) is 0.744. The third-order valence-corrected chi connectivity index (χ3v) is 2.39. The van der Waals surface area contributed by atoms with Crippen molar-refractivity contribution in [2.45, 2.75) is 19.9 Å². The van der Waals surface area contributed by atoms with Crippen LogP contribution in [0.1, 0.15) is 24.1 Å². The van der Waals surface area contributed by atoms with Gasteiger partial charge in [0.05, 0.1) is 0 Å². The monoisotopic (exact) mass is 192 g/mol. The molecule has 0 aliphatic heterocycles. The molecule has 14 heavy (non-hydrogen) atoms. The minimum atomic E-state index is 0.412. The minimum Gasteiger partial charge on any atom is -0.315 e. The smallest absolute Gasteiger partial charge is 0.0444 e. The van der Waals surface area contributed by atoms with Crippen LogP contribution in [0.4, 0.5) is 0 Å². The average Bonchev–Trinajstić information content (AvgIpc) is 2.19. The lowest BCUT2D eigenvalue weighted by atomic mass is 10.0. The molecule has 0 amide bonds. The van der Waals surface area contributed by atoms with Gasteiger partial charge in [0, 0.05) is 12.6 Å². The molecule has 0 bridgehead atoms. The Morgan fingerprint density at radius 3 is 2.71 bits per heavy atom. The molecular formula is C12H20N2. The molecule has 78 valence electrons. The predicted octanol–water partition coefficient (Wildman–Crippen LogP) is 1.87. The molecule has 2 N–H and O–H groups in total. The van der Waals surface area contributed by atoms with Crippen molar-refractivity contribution in [1.29, 1.82) is 0 Å². The molecule has 1 aromatic rings. The maximum atomic E-state index is 3.35. The topological polar surface area (TPSA) is 24.1 Å². The zero-order valence-electron chi connectivity index (χ0n) is 9.30. The molecule has 0 saturated carbocycles. The Bertz CT molecular complexity index is 271. The van der Waals surface area contributed by atoms with E-state index in [1.165, 1.54) is 11.1 Å². The van der Waals surface area contributed by atoms with Gasteiger partial charge >= 0.3 is 0 Å². The van der Waals surface area contributed by atoms with Gasteiger partial charge in [-0.1, -0.05) is 36.8 Å². The molecule has 0 aliphatic carbocycles. The summed E-state index contributed by atoms with van der Waals surface area (Å²) in [6, 6.07) is 9.06. The average molecular weight is 192 g/mol. The summed E-state index contributed by atoms with van der Waals surface area (Å²) in [7, 11) is 2.00. The van der Waals surface area contributed by atoms with E-state index in [1.807, 2.05) is 7.05 Å². The van der Waals surface area contributed by atoms with Crippen LogP contribution >= 0.6 is 0 Å². The van der Waals surface area contributed by atoms with Gasteiger partial charge in [0.1, 0.15) is 0 Å². The lowest BCUT2D eigenvalue weighted by Crippen LogP contribution is -2.29. The molecule has 2 heteroatoms. The summed E-state index contributed by atoms with van der Waals surface area (Å²) in [5, 5.41) is 6.67. The third-order valence-electron chi connectivity index (χ3n) is 2.39. The summed E-state index contributed by atoms with van der Waals surface area (Å²) in [5.74, 6) is 0. The van der Waals surface area contributed by atoms with Crippen molar-refractivity contribution < 1.29 is 0 Å². The van der Waals surface area contributed by atoms with E-state index >= 15 is 0 Å². The van der Waals surface area contributed by atoms with Gasteiger partial charge in [0.15, 0.2) is 0 Å². The van der Waals surface area contributed by atoms with E-state index in [9.17, 15) is 0 Å². The van der Waals surface area contributed by atoms with Gasteiger partial charge in [0.2, 0.25) is 0 Å². The minimum absolute atomic E-state index is 0.412. The fourth-order valence-corrected chi connectivity index (χ4v) is 1.56. The van der Waals surface area contributed by atoms with E-state index in [1.54, 1.807) is 0 Å². The van der Waals surface area contributed by atoms with Gasteiger partial charge in [-0.25, -0.2) is 0 Å². The molecule has 0 aliphatic rings. The van der Waals surface area contributed by atoms with Gasteiger partial charge < -0.3 is 10.6 Å². The Morgan fingerprint density at radius 2 is 2.14 bits per heavy atom. The van der Waals surface area contributed by atoms with E-state index in [-0.39, 0.29) is 0 Å². The Balaban J connectivity index is 2.68. The second-order valence-corrected chi connectivity index (χ2v) is 3.56. The van der Waals surface area contributed by atoms with Crippen LogP contribution in [0.3, 0.4) is 0 Å². The van der Waals surface area contributed by atoms with Crippen LogP contribution in [0.25, 0.3) is 0 Å². The molecule has 1 rings (SSSR count). The van der Waals surface area contributed by atoms with Gasteiger partial charge in [-0.3, -0.25) is 0 Å². The Labute approximate surface area is 86.7 Å². The lowest BCUT2D eigenvalue weighted by molar-refractivity contribution is 0.538. The highest BCUT2D eigenvalue weighted by atomic mass is 15.0. The number of hydrogen-bond donors (Lipinski definition) is 2. The number of likely N-dealkylation sites (N-methyl/N-ethyl adjacent to an activating group) is 2. The second-order valence-electron chi connectivity index (χ2n) is 3.56. The van der Waals surface area contributed by atoms with Crippen LogP contribution < -0.4 is 10.6 Å². The molecule has 1 unspecified atom stereocenters. The summed E-state index contributed by atoms with van der Waals surface area (Å²) in [4.78, 5) is 0. The maximum absolute atomic E-state index is 3.35. The second kappa shape index (κ2) is 5.78. The predicted molar refractivity (Wildman–Crippen MR) is 61.5 cm³/mol. The van der Waals surface area contributed by atoms with Crippen molar-refractivity contribution in [1.82, 2.24) is 10.6 Å². The fourth-order valence-electron chi connectivity index (χ4n) is 1.56. The molecule has 2 nitrogen and oxygen atoms in total. The van der Waals surface area contributed by atoms with Gasteiger partial charge in [0.25, 0.3) is 0 Å². The zero-order valence-corrected chi connectivity index (χ0v) is 9.30. The van der Waals surface area contributed by atoms with E-state index in [0.717, 1.165) is 13.1 Å². The SMILES string of the molecule is CCNCC(NC)c1cccc(C)c1. The Hall–Kier alpha value is -0.860. The zero-order chi connectivity index (χ0) is 10.4. The van der Waals surface area contributed by atoms with E-state index in [4.69, 9.17) is 0 Å². The van der Waals surface area contributed by atoms with Crippen LogP contribution in [-0.4, -0.2) is 20.1 Å². The molecule has 1 atom stereocenters. The van der Waals surface area contributed by atoms with Gasteiger partial charge in [-0.15, -0.1) is 0 Å². The summed E-state index contributed by atoms with van der Waals surface area (Å²) < 4.78 is 0. The Morgan fingerprint density at radius 1 is 1.36 bits per heavy atom. The van der Waals surface area contributed by atoms with Crippen LogP contribution in [0, 0.1) is 6.92 Å². The summed E-state index contributed by atoms with van der Waals surface area (Å²) in [5.41, 5.74) is 2.67. The number of rotatable bonds is 5. The summed E-state index contributed by atoms with van der Waals surface area (Å²) in [6.07, 6.45) is 0. The first-order valence-electron chi connectivity index (χ1n) is 5.22. The first-order valence-corrected chi connectivity index (χ1v) is 5.22. The number of benzene rings is 1. The van der Waals surface area contributed by atoms with Gasteiger partial charge in [-0.05, 0) is 26.1 Å². The van der Waals surface area contributed by atoms with Crippen molar-refractivity contribution in [3.8, 4) is 0 Å². The summed E-state index contributed by atoms with van der Waals surface area (Å²) in [6.45, 7) is 6.26. The highest BCUT2D eigenvalue weighted by molar-refractivity contribution is 5.25. The largest absolute Gasteiger partial charge is 0.315 e. The van der Waals surface area contributed by atoms with Crippen LogP contribution in [0.15, 0.2) is 24.3 Å². The first kappa shape index (κ1) is 11.2. The van der Waals surface area contributed by atoms with Crippen LogP contribution in [0.5, 0.6) is 0 Å². The fraction of sp³-hybridized carbons (Fsp3) is 0.500. The van der Waals surface area contributed by atoms with Crippen molar-refractivity contribution in [2.24, 2.45) is 0 Å². The highest BCUT2D eigenvalue weighted by Crippen LogP contribution is 2.12. The summed E-state index contributed by atoms with van der Waals surface area (Å²) >= 11 is 0. The lowest BCUT2D eigenvalue weighted by Gasteiger charge is -2.17. The van der Waals surface area contributed by atoms with Crippen LogP contribution in [-0.2, 0) is 0 Å². The van der Waals surface area contributed by atoms with E-state index in [0.29, 0.717) is 6.04 Å². The molecule has 1 aromatic carbocycles.